The Hall–Kier alpha value is -3.95. The Kier molecular flexibility index (Phi) is 15.0. The first kappa shape index (κ1) is 38.1. The molecule has 0 saturated heterocycles. The van der Waals surface area contributed by atoms with E-state index in [-0.39, 0.29) is 23.6 Å². The molecule has 0 fully saturated rings. The summed E-state index contributed by atoms with van der Waals surface area (Å²) in [6, 6.07) is 7.30. The van der Waals surface area contributed by atoms with Crippen molar-refractivity contribution in [2.45, 2.75) is 74.1 Å². The topological polar surface area (TPSA) is 119 Å². The molecule has 1 N–H and O–H groups in total. The largest absolute Gasteiger partial charge is 0.493 e. The zero-order valence-corrected chi connectivity index (χ0v) is 28.5. The second-order valence-corrected chi connectivity index (χ2v) is 11.7. The van der Waals surface area contributed by atoms with Gasteiger partial charge in [-0.1, -0.05) is 40.7 Å². The number of carbonyl (C=O) groups is 2. The third-order valence-corrected chi connectivity index (χ3v) is 6.70. The lowest BCUT2D eigenvalue weighted by Gasteiger charge is -2.30. The average molecular weight is 618 g/mol. The van der Waals surface area contributed by atoms with E-state index in [1.54, 1.807) is 33.5 Å². The van der Waals surface area contributed by atoms with Gasteiger partial charge in [-0.2, -0.15) is 0 Å². The summed E-state index contributed by atoms with van der Waals surface area (Å²) in [5.41, 5.74) is 3.33. The van der Waals surface area contributed by atoms with Gasteiger partial charge in [-0.05, 0) is 79.8 Å². The number of carbonyl (C=O) groups excluding carboxylic acids is 2. The maximum Gasteiger partial charge on any atom is 0.409 e. The van der Waals surface area contributed by atoms with E-state index in [9.17, 15) is 14.4 Å². The lowest BCUT2D eigenvalue weighted by Crippen LogP contribution is -2.32. The maximum absolute atomic E-state index is 12.3. The molecule has 3 rings (SSSR count). The van der Waals surface area contributed by atoms with Crippen molar-refractivity contribution < 1.29 is 38.0 Å². The van der Waals surface area contributed by atoms with Crippen molar-refractivity contribution in [2.75, 3.05) is 42.3 Å². The first-order chi connectivity index (χ1) is 20.7. The highest BCUT2D eigenvalue weighted by Gasteiger charge is 2.34. The van der Waals surface area contributed by atoms with E-state index in [2.05, 4.69) is 30.8 Å². The van der Waals surface area contributed by atoms with Gasteiger partial charge in [-0.3, -0.25) is 9.59 Å². The summed E-state index contributed by atoms with van der Waals surface area (Å²) < 4.78 is 31.4. The molecule has 2 aromatic carbocycles. The summed E-state index contributed by atoms with van der Waals surface area (Å²) in [7, 11) is 7.76. The minimum Gasteiger partial charge on any atom is -0.493 e. The van der Waals surface area contributed by atoms with Gasteiger partial charge in [0.05, 0.1) is 33.9 Å². The highest BCUT2D eigenvalue weighted by Crippen LogP contribution is 2.49. The third kappa shape index (κ3) is 10.3. The van der Waals surface area contributed by atoms with Crippen LogP contribution in [-0.4, -0.2) is 54.3 Å². The number of esters is 1. The third-order valence-electron chi connectivity index (χ3n) is 6.70. The van der Waals surface area contributed by atoms with Crippen LogP contribution in [0.2, 0.25) is 0 Å². The monoisotopic (exact) mass is 617 g/mol. The van der Waals surface area contributed by atoms with Gasteiger partial charge in [-0.15, -0.1) is 0 Å². The lowest BCUT2D eigenvalue weighted by molar-refractivity contribution is -0.164. The first-order valence-electron chi connectivity index (χ1n) is 14.8. The van der Waals surface area contributed by atoms with E-state index in [0.29, 0.717) is 29.4 Å². The fraction of sp³-hybridized carbons (Fsp3) is 0.559. The molecule has 0 saturated carbocycles. The van der Waals surface area contributed by atoms with Gasteiger partial charge in [0.15, 0.2) is 17.2 Å². The Labute approximate surface area is 262 Å². The van der Waals surface area contributed by atoms with E-state index in [1.807, 2.05) is 39.8 Å². The molecular formula is C34H51NO9. The van der Waals surface area contributed by atoms with Crippen molar-refractivity contribution in [3.8, 4) is 34.1 Å². The standard InChI is InChI=1S/C20H22O5.C12H23NO4.C2H6/c1-22-16-9-8-14-12(10-15(16)21)6-5-7-13-11-17(23-2)19(24-3)20(25-4)18(13)14;1-11(2,3)7-12(4,5)9(14)16-8-17-10(15)13-6;1-2/h8-11H,5-7H2,1-4H3;7-8H2,1-6H3,(H,13,15);1-2H3. The highest BCUT2D eigenvalue weighted by molar-refractivity contribution is 5.82. The van der Waals surface area contributed by atoms with Gasteiger partial charge in [-0.25, -0.2) is 4.79 Å². The molecule has 0 unspecified atom stereocenters. The predicted octanol–water partition coefficient (Wildman–Crippen LogP) is 6.57. The quantitative estimate of drug-likeness (QED) is 0.259. The summed E-state index contributed by atoms with van der Waals surface area (Å²) in [4.78, 5) is 34.8. The zero-order chi connectivity index (χ0) is 33.7. The molecule has 246 valence electrons. The molecule has 0 spiro atoms. The number of rotatable bonds is 8. The van der Waals surface area contributed by atoms with Gasteiger partial charge in [0.1, 0.15) is 0 Å². The van der Waals surface area contributed by atoms with Crippen LogP contribution in [0, 0.1) is 10.8 Å². The van der Waals surface area contributed by atoms with Crippen molar-refractivity contribution in [1.82, 2.24) is 5.32 Å². The molecule has 1 aliphatic rings. The highest BCUT2D eigenvalue weighted by atomic mass is 16.7. The molecule has 0 heterocycles. The molecule has 0 aliphatic heterocycles. The van der Waals surface area contributed by atoms with Crippen molar-refractivity contribution in [3.63, 3.8) is 0 Å². The van der Waals surface area contributed by atoms with Crippen LogP contribution in [0.15, 0.2) is 29.1 Å². The fourth-order valence-electron chi connectivity index (χ4n) is 5.25. The molecular weight excluding hydrogens is 566 g/mol. The zero-order valence-electron chi connectivity index (χ0n) is 28.5. The number of alkyl carbamates (subject to hydrolysis) is 1. The Morgan fingerprint density at radius 2 is 1.39 bits per heavy atom. The van der Waals surface area contributed by atoms with E-state index >= 15 is 0 Å². The number of nitrogens with one attached hydrogen (secondary N) is 1. The van der Waals surface area contributed by atoms with Gasteiger partial charge in [0.25, 0.3) is 0 Å². The number of fused-ring (bicyclic) bond motifs is 3. The summed E-state index contributed by atoms with van der Waals surface area (Å²) in [6.07, 6.45) is 2.69. The van der Waals surface area contributed by atoms with Crippen molar-refractivity contribution in [3.05, 3.63) is 45.6 Å². The fourth-order valence-corrected chi connectivity index (χ4v) is 5.25. The molecule has 44 heavy (non-hydrogen) atoms. The van der Waals surface area contributed by atoms with Crippen LogP contribution < -0.4 is 29.7 Å². The molecule has 10 nitrogen and oxygen atoms in total. The van der Waals surface area contributed by atoms with Crippen LogP contribution in [0.3, 0.4) is 0 Å². The van der Waals surface area contributed by atoms with Crippen LogP contribution >= 0.6 is 0 Å². The number of amides is 1. The summed E-state index contributed by atoms with van der Waals surface area (Å²) >= 11 is 0. The molecule has 0 atom stereocenters. The molecule has 0 radical (unpaired) electrons. The summed E-state index contributed by atoms with van der Waals surface area (Å²) in [5.74, 6) is 1.78. The molecule has 10 heteroatoms. The van der Waals surface area contributed by atoms with Gasteiger partial charge >= 0.3 is 12.1 Å². The Balaban J connectivity index is 0.000000448. The summed E-state index contributed by atoms with van der Waals surface area (Å²) in [5, 5.41) is 2.26. The van der Waals surface area contributed by atoms with Crippen molar-refractivity contribution >= 4 is 12.1 Å². The number of hydrogen-bond acceptors (Lipinski definition) is 9. The number of ether oxygens (including phenoxy) is 6. The van der Waals surface area contributed by atoms with Crippen LogP contribution in [0.25, 0.3) is 11.1 Å². The molecule has 2 aromatic rings. The number of aryl methyl sites for hydroxylation is 2. The first-order valence-corrected chi connectivity index (χ1v) is 14.8. The van der Waals surface area contributed by atoms with Crippen LogP contribution in [0.1, 0.15) is 72.4 Å². The predicted molar refractivity (Wildman–Crippen MR) is 172 cm³/mol. The molecule has 0 aromatic heterocycles. The average Bonchev–Trinajstić information content (AvgIpc) is 3.24. The van der Waals surface area contributed by atoms with Gasteiger partial charge in [0, 0.05) is 12.6 Å². The van der Waals surface area contributed by atoms with Crippen LogP contribution in [0.5, 0.6) is 23.0 Å². The van der Waals surface area contributed by atoms with Gasteiger partial charge in [0.2, 0.25) is 18.0 Å². The van der Waals surface area contributed by atoms with Crippen LogP contribution in [-0.2, 0) is 27.1 Å². The Bertz CT molecular complexity index is 1310. The van der Waals surface area contributed by atoms with E-state index in [1.165, 1.54) is 14.2 Å². The minimum atomic E-state index is -0.619. The Morgan fingerprint density at radius 1 is 0.795 bits per heavy atom. The SMILES string of the molecule is CC.CNC(=O)OCOC(=O)C(C)(C)CC(C)(C)C.COc1cc2c(c(OC)c1OC)-c1ccc(OC)c(=O)cc1CCC2. The Morgan fingerprint density at radius 3 is 1.91 bits per heavy atom. The van der Waals surface area contributed by atoms with Crippen molar-refractivity contribution in [2.24, 2.45) is 10.8 Å². The second kappa shape index (κ2) is 17.4. The summed E-state index contributed by atoms with van der Waals surface area (Å²) in [6.45, 7) is 13.5. The number of benzene rings is 1. The minimum absolute atomic E-state index is 0.0319. The molecule has 1 amide bonds. The van der Waals surface area contributed by atoms with Crippen LogP contribution in [0.4, 0.5) is 4.79 Å². The molecule has 0 bridgehead atoms. The number of hydrogen-bond donors (Lipinski definition) is 1. The van der Waals surface area contributed by atoms with Crippen molar-refractivity contribution in [1.29, 1.82) is 0 Å². The van der Waals surface area contributed by atoms with E-state index in [4.69, 9.17) is 23.7 Å². The van der Waals surface area contributed by atoms with E-state index < -0.39 is 11.5 Å². The second-order valence-electron chi connectivity index (χ2n) is 11.7. The maximum atomic E-state index is 12.3. The molecule has 1 aliphatic carbocycles. The lowest BCUT2D eigenvalue weighted by atomic mass is 9.76. The smallest absolute Gasteiger partial charge is 0.409 e. The van der Waals surface area contributed by atoms with E-state index in [0.717, 1.165) is 41.5 Å². The normalized spacial score (nSPS) is 11.8. The van der Waals surface area contributed by atoms with Gasteiger partial charge < -0.3 is 33.7 Å². The number of methoxy groups -OCH3 is 4.